The number of halogens is 1. The summed E-state index contributed by atoms with van der Waals surface area (Å²) in [5.41, 5.74) is 4.58. The summed E-state index contributed by atoms with van der Waals surface area (Å²) < 4.78 is 15.6. The van der Waals surface area contributed by atoms with Gasteiger partial charge in [-0.15, -0.1) is 0 Å². The third kappa shape index (κ3) is 4.21. The molecule has 0 aliphatic heterocycles. The average Bonchev–Trinajstić information content (AvgIpc) is 2.98. The molecular weight excluding hydrogens is 409 g/mol. The van der Waals surface area contributed by atoms with Crippen molar-refractivity contribution in [2.45, 2.75) is 73.1 Å². The minimum absolute atomic E-state index is 0.0449. The number of fused-ring (bicyclic) bond motifs is 1. The van der Waals surface area contributed by atoms with Crippen LogP contribution < -0.4 is 4.90 Å². The summed E-state index contributed by atoms with van der Waals surface area (Å²) >= 11 is 0. The summed E-state index contributed by atoms with van der Waals surface area (Å²) in [6, 6.07) is 4.34. The molecule has 172 valence electrons. The topological polar surface area (TPSA) is 78.6 Å². The Hall–Kier alpha value is -2.93. The summed E-state index contributed by atoms with van der Waals surface area (Å²) in [5, 5.41) is 21.2. The third-order valence-corrected chi connectivity index (χ3v) is 5.96. The van der Waals surface area contributed by atoms with Crippen molar-refractivity contribution in [2.24, 2.45) is 0 Å². The van der Waals surface area contributed by atoms with Gasteiger partial charge in [-0.05, 0) is 60.1 Å². The fourth-order valence-corrected chi connectivity index (χ4v) is 4.29. The predicted molar refractivity (Wildman–Crippen MR) is 125 cm³/mol. The summed E-state index contributed by atoms with van der Waals surface area (Å²) in [5.74, 6) is -0.0383. The van der Waals surface area contributed by atoms with Crippen LogP contribution in [0.1, 0.15) is 62.1 Å². The number of hydrogen-bond acceptors (Lipinski definition) is 3. The molecule has 0 spiro atoms. The summed E-state index contributed by atoms with van der Waals surface area (Å²) in [4.78, 5) is 18.2. The predicted octanol–water partition coefficient (Wildman–Crippen LogP) is 5.68. The van der Waals surface area contributed by atoms with Crippen molar-refractivity contribution in [2.75, 3.05) is 4.90 Å². The number of pyridine rings is 1. The number of aliphatic hydroxyl groups is 1. The number of aromatic nitrogens is 2. The lowest BCUT2D eigenvalue weighted by atomic mass is 9.85. The maximum Gasteiger partial charge on any atom is 0.413 e. The van der Waals surface area contributed by atoms with Crippen LogP contribution in [-0.2, 0) is 25.1 Å². The molecule has 0 aliphatic carbocycles. The third-order valence-electron chi connectivity index (χ3n) is 5.96. The van der Waals surface area contributed by atoms with E-state index in [1.807, 2.05) is 18.4 Å². The van der Waals surface area contributed by atoms with Crippen LogP contribution in [0.4, 0.5) is 15.0 Å². The van der Waals surface area contributed by atoms with Crippen molar-refractivity contribution >= 4 is 22.8 Å². The van der Waals surface area contributed by atoms with Gasteiger partial charge in [-0.25, -0.2) is 14.2 Å². The maximum atomic E-state index is 13.6. The number of aryl methyl sites for hydroxylation is 3. The molecule has 3 rings (SSSR count). The Labute approximate surface area is 188 Å². The molecule has 7 heteroatoms. The molecule has 1 aromatic carbocycles. The fourth-order valence-electron chi connectivity index (χ4n) is 4.29. The van der Waals surface area contributed by atoms with Crippen molar-refractivity contribution in [1.82, 2.24) is 9.55 Å². The molecule has 3 aromatic rings. The first-order chi connectivity index (χ1) is 15.0. The highest BCUT2D eigenvalue weighted by Crippen LogP contribution is 2.39. The van der Waals surface area contributed by atoms with Gasteiger partial charge in [0.05, 0.1) is 18.7 Å². The zero-order chi connectivity index (χ0) is 23.8. The standard InChI is InChI=1S/C25H32FN3O3/c1-7-10-28-20(14-30)16(3)21-19(25(4,5)6)12-27-23(22(21)28)29(24(31)32)13-17-8-9-18(26)11-15(17)2/h8-9,11-12,30H,7,10,13-14H2,1-6H3,(H,31,32). The van der Waals surface area contributed by atoms with Gasteiger partial charge in [0.25, 0.3) is 0 Å². The Balaban J connectivity index is 2.33. The van der Waals surface area contributed by atoms with Crippen molar-refractivity contribution in [3.63, 3.8) is 0 Å². The number of hydrogen-bond donors (Lipinski definition) is 2. The van der Waals surface area contributed by atoms with Gasteiger partial charge in [-0.1, -0.05) is 33.8 Å². The highest BCUT2D eigenvalue weighted by molar-refractivity contribution is 6.01. The number of carboxylic acid groups (broad SMARTS) is 1. The molecule has 32 heavy (non-hydrogen) atoms. The number of amides is 1. The lowest BCUT2D eigenvalue weighted by Crippen LogP contribution is -2.31. The highest BCUT2D eigenvalue weighted by atomic mass is 19.1. The zero-order valence-corrected chi connectivity index (χ0v) is 19.7. The van der Waals surface area contributed by atoms with Gasteiger partial charge in [0.2, 0.25) is 0 Å². The van der Waals surface area contributed by atoms with E-state index in [0.29, 0.717) is 29.0 Å². The van der Waals surface area contributed by atoms with E-state index >= 15 is 0 Å². The quantitative estimate of drug-likeness (QED) is 0.516. The molecule has 0 saturated carbocycles. The van der Waals surface area contributed by atoms with Gasteiger partial charge < -0.3 is 14.8 Å². The van der Waals surface area contributed by atoms with E-state index in [4.69, 9.17) is 0 Å². The largest absolute Gasteiger partial charge is 0.465 e. The molecule has 0 fully saturated rings. The molecule has 2 aromatic heterocycles. The zero-order valence-electron chi connectivity index (χ0n) is 19.7. The van der Waals surface area contributed by atoms with E-state index in [9.17, 15) is 19.4 Å². The molecule has 6 nitrogen and oxygen atoms in total. The summed E-state index contributed by atoms with van der Waals surface area (Å²) in [6.07, 6.45) is 1.42. The molecule has 0 radical (unpaired) electrons. The second-order valence-electron chi connectivity index (χ2n) is 9.29. The van der Waals surface area contributed by atoms with Gasteiger partial charge in [0.15, 0.2) is 5.82 Å². The molecule has 0 saturated heterocycles. The van der Waals surface area contributed by atoms with Crippen molar-refractivity contribution in [1.29, 1.82) is 0 Å². The maximum absolute atomic E-state index is 13.6. The SMILES string of the molecule is CCCn1c(CO)c(C)c2c(C(C)(C)C)cnc(N(Cc3ccc(F)cc3C)C(=O)O)c21. The number of nitrogens with zero attached hydrogens (tertiary/aromatic N) is 3. The van der Waals surface area contributed by atoms with Gasteiger partial charge in [-0.3, -0.25) is 4.90 Å². The Morgan fingerprint density at radius 3 is 2.47 bits per heavy atom. The second-order valence-corrected chi connectivity index (χ2v) is 9.29. The van der Waals surface area contributed by atoms with E-state index in [0.717, 1.165) is 28.6 Å². The number of carbonyl (C=O) groups is 1. The van der Waals surface area contributed by atoms with Crippen LogP contribution in [0.3, 0.4) is 0 Å². The van der Waals surface area contributed by atoms with E-state index in [-0.39, 0.29) is 24.4 Å². The minimum atomic E-state index is -1.14. The first-order valence-electron chi connectivity index (χ1n) is 10.9. The van der Waals surface area contributed by atoms with Crippen molar-refractivity contribution in [3.8, 4) is 0 Å². The van der Waals surface area contributed by atoms with Gasteiger partial charge in [-0.2, -0.15) is 0 Å². The first kappa shape index (κ1) is 23.7. The number of benzene rings is 1. The average molecular weight is 442 g/mol. The Kier molecular flexibility index (Phi) is 6.60. The van der Waals surface area contributed by atoms with Crippen molar-refractivity contribution in [3.05, 3.63) is 58.2 Å². The Morgan fingerprint density at radius 2 is 1.94 bits per heavy atom. The lowest BCUT2D eigenvalue weighted by molar-refractivity contribution is 0.201. The van der Waals surface area contributed by atoms with E-state index in [1.165, 1.54) is 17.0 Å². The van der Waals surface area contributed by atoms with E-state index in [1.54, 1.807) is 19.2 Å². The summed E-state index contributed by atoms with van der Waals surface area (Å²) in [6.45, 7) is 12.6. The van der Waals surface area contributed by atoms with Gasteiger partial charge in [0.1, 0.15) is 5.82 Å². The van der Waals surface area contributed by atoms with Crippen LogP contribution in [0.2, 0.25) is 0 Å². The second kappa shape index (κ2) is 8.90. The van der Waals surface area contributed by atoms with Crippen molar-refractivity contribution < 1.29 is 19.4 Å². The minimum Gasteiger partial charge on any atom is -0.465 e. The van der Waals surface area contributed by atoms with Crippen LogP contribution in [0.15, 0.2) is 24.4 Å². The Bertz CT molecular complexity index is 1160. The summed E-state index contributed by atoms with van der Waals surface area (Å²) in [7, 11) is 0. The Morgan fingerprint density at radius 1 is 1.25 bits per heavy atom. The van der Waals surface area contributed by atoms with Crippen LogP contribution >= 0.6 is 0 Å². The molecule has 0 bridgehead atoms. The number of aliphatic hydroxyl groups excluding tert-OH is 1. The van der Waals surface area contributed by atoms with Crippen LogP contribution in [-0.4, -0.2) is 25.9 Å². The lowest BCUT2D eigenvalue weighted by Gasteiger charge is -2.25. The molecule has 0 atom stereocenters. The number of anilines is 1. The van der Waals surface area contributed by atoms with Crippen LogP contribution in [0.5, 0.6) is 0 Å². The molecule has 0 aliphatic rings. The molecular formula is C25H32FN3O3. The van der Waals surface area contributed by atoms with Crippen LogP contribution in [0.25, 0.3) is 10.9 Å². The highest BCUT2D eigenvalue weighted by Gasteiger charge is 2.29. The molecule has 2 heterocycles. The van der Waals surface area contributed by atoms with Gasteiger partial charge in [0, 0.05) is 23.8 Å². The fraction of sp³-hybridized carbons (Fsp3) is 0.440. The van der Waals surface area contributed by atoms with Crippen LogP contribution in [0, 0.1) is 19.7 Å². The smallest absolute Gasteiger partial charge is 0.413 e. The molecule has 1 amide bonds. The van der Waals surface area contributed by atoms with E-state index < -0.39 is 6.09 Å². The van der Waals surface area contributed by atoms with Gasteiger partial charge >= 0.3 is 6.09 Å². The molecule has 0 unspecified atom stereocenters. The molecule has 2 N–H and O–H groups in total. The first-order valence-corrected chi connectivity index (χ1v) is 10.9. The monoisotopic (exact) mass is 441 g/mol. The number of rotatable bonds is 6. The van der Waals surface area contributed by atoms with E-state index in [2.05, 4.69) is 25.8 Å². The normalized spacial score (nSPS) is 11.9.